The summed E-state index contributed by atoms with van der Waals surface area (Å²) in [5.74, 6) is 2.04. The molecule has 1 aromatic heterocycles. The van der Waals surface area contributed by atoms with Crippen LogP contribution < -0.4 is 14.4 Å². The van der Waals surface area contributed by atoms with Gasteiger partial charge in [-0.05, 0) is 24.8 Å². The number of methoxy groups -OCH3 is 2. The van der Waals surface area contributed by atoms with Crippen LogP contribution in [-0.2, 0) is 0 Å². The number of pyridine rings is 1. The van der Waals surface area contributed by atoms with E-state index in [2.05, 4.69) is 22.9 Å². The van der Waals surface area contributed by atoms with Crippen molar-refractivity contribution in [2.75, 3.05) is 32.2 Å². The van der Waals surface area contributed by atoms with Crippen molar-refractivity contribution < 1.29 is 9.47 Å². The maximum Gasteiger partial charge on any atom is 0.162 e. The summed E-state index contributed by atoms with van der Waals surface area (Å²) in [5, 5.41) is 10.5. The number of ether oxygens (including phenoxy) is 2. The molecule has 0 N–H and O–H groups in total. The second-order valence-corrected chi connectivity index (χ2v) is 6.03. The van der Waals surface area contributed by atoms with Gasteiger partial charge in [0, 0.05) is 30.7 Å². The molecule has 0 bridgehead atoms. The van der Waals surface area contributed by atoms with Gasteiger partial charge in [0.1, 0.15) is 6.07 Å². The van der Waals surface area contributed by atoms with E-state index < -0.39 is 0 Å². The molecule has 2 aromatic rings. The molecule has 5 heteroatoms. The van der Waals surface area contributed by atoms with Gasteiger partial charge in [-0.25, -0.2) is 0 Å². The summed E-state index contributed by atoms with van der Waals surface area (Å²) in [6.07, 6.45) is 3.94. The molecule has 5 nitrogen and oxygen atoms in total. The van der Waals surface area contributed by atoms with Crippen LogP contribution in [0.4, 0.5) is 5.69 Å². The van der Waals surface area contributed by atoms with E-state index in [0.29, 0.717) is 17.1 Å². The lowest BCUT2D eigenvalue weighted by atomic mass is 9.97. The van der Waals surface area contributed by atoms with Gasteiger partial charge in [0.2, 0.25) is 0 Å². The summed E-state index contributed by atoms with van der Waals surface area (Å²) < 4.78 is 10.8. The van der Waals surface area contributed by atoms with Crippen molar-refractivity contribution in [2.24, 2.45) is 5.92 Å². The third-order valence-electron chi connectivity index (χ3n) is 4.57. The Bertz CT molecular complexity index is 759. The highest BCUT2D eigenvalue weighted by molar-refractivity contribution is 5.96. The number of nitriles is 1. The number of piperidine rings is 1. The fourth-order valence-corrected chi connectivity index (χ4v) is 3.16. The molecule has 0 unspecified atom stereocenters. The largest absolute Gasteiger partial charge is 0.493 e. The minimum atomic E-state index is 0.610. The van der Waals surface area contributed by atoms with E-state index in [-0.39, 0.29) is 0 Å². The fraction of sp³-hybridized carbons (Fsp3) is 0.444. The van der Waals surface area contributed by atoms with Crippen molar-refractivity contribution >= 4 is 16.6 Å². The average molecular weight is 311 g/mol. The maximum absolute atomic E-state index is 9.52. The van der Waals surface area contributed by atoms with Crippen LogP contribution >= 0.6 is 0 Å². The number of aromatic nitrogens is 1. The molecule has 1 aliphatic rings. The van der Waals surface area contributed by atoms with Gasteiger partial charge in [-0.1, -0.05) is 6.92 Å². The summed E-state index contributed by atoms with van der Waals surface area (Å²) in [7, 11) is 3.23. The average Bonchev–Trinajstić information content (AvgIpc) is 2.60. The zero-order valence-corrected chi connectivity index (χ0v) is 13.8. The number of benzene rings is 1. The SMILES string of the molecule is COc1cc2ncc(C#N)c(N3CCC(C)CC3)c2cc1OC. The second-order valence-electron chi connectivity index (χ2n) is 6.03. The molecule has 0 saturated carbocycles. The standard InChI is InChI=1S/C18H21N3O2/c1-12-4-6-21(7-5-12)18-13(10-19)11-20-15-9-17(23-3)16(22-2)8-14(15)18/h8-9,11-12H,4-7H2,1-3H3. The van der Waals surface area contributed by atoms with Gasteiger partial charge in [-0.15, -0.1) is 0 Å². The molecule has 23 heavy (non-hydrogen) atoms. The summed E-state index contributed by atoms with van der Waals surface area (Å²) in [4.78, 5) is 6.72. The van der Waals surface area contributed by atoms with Crippen LogP contribution in [0.2, 0.25) is 0 Å². The zero-order valence-electron chi connectivity index (χ0n) is 13.8. The molecule has 1 aliphatic heterocycles. The summed E-state index contributed by atoms with van der Waals surface area (Å²) >= 11 is 0. The minimum Gasteiger partial charge on any atom is -0.493 e. The van der Waals surface area contributed by atoms with E-state index in [4.69, 9.17) is 9.47 Å². The first-order chi connectivity index (χ1) is 11.2. The van der Waals surface area contributed by atoms with Crippen molar-refractivity contribution in [3.8, 4) is 17.6 Å². The summed E-state index contributed by atoms with van der Waals surface area (Å²) in [6, 6.07) is 6.08. The number of nitrogens with zero attached hydrogens (tertiary/aromatic N) is 3. The predicted molar refractivity (Wildman–Crippen MR) is 90.2 cm³/mol. The molecule has 1 fully saturated rings. The van der Waals surface area contributed by atoms with Gasteiger partial charge in [-0.2, -0.15) is 5.26 Å². The second kappa shape index (κ2) is 6.33. The van der Waals surface area contributed by atoms with Crippen LogP contribution in [0.15, 0.2) is 18.3 Å². The molecule has 1 saturated heterocycles. The molecule has 0 aliphatic carbocycles. The Kier molecular flexibility index (Phi) is 4.24. The van der Waals surface area contributed by atoms with Crippen LogP contribution in [0.5, 0.6) is 11.5 Å². The van der Waals surface area contributed by atoms with Crippen molar-refractivity contribution in [1.29, 1.82) is 5.26 Å². The molecule has 0 radical (unpaired) electrons. The van der Waals surface area contributed by atoms with Gasteiger partial charge in [0.05, 0.1) is 31.0 Å². The van der Waals surface area contributed by atoms with Gasteiger partial charge < -0.3 is 14.4 Å². The molecule has 3 rings (SSSR count). The summed E-state index contributed by atoms with van der Waals surface area (Å²) in [5.41, 5.74) is 2.39. The molecule has 0 spiro atoms. The van der Waals surface area contributed by atoms with Crippen molar-refractivity contribution in [2.45, 2.75) is 19.8 Å². The Morgan fingerprint density at radius 1 is 1.17 bits per heavy atom. The topological polar surface area (TPSA) is 58.4 Å². The van der Waals surface area contributed by atoms with Gasteiger partial charge in [-0.3, -0.25) is 4.98 Å². The predicted octanol–water partition coefficient (Wildman–Crippen LogP) is 3.36. The van der Waals surface area contributed by atoms with Crippen LogP contribution in [-0.4, -0.2) is 32.3 Å². The Morgan fingerprint density at radius 3 is 2.43 bits per heavy atom. The van der Waals surface area contributed by atoms with E-state index in [1.165, 1.54) is 0 Å². The molecular weight excluding hydrogens is 290 g/mol. The van der Waals surface area contributed by atoms with Crippen LogP contribution in [0.25, 0.3) is 10.9 Å². The molecule has 120 valence electrons. The first kappa shape index (κ1) is 15.4. The highest BCUT2D eigenvalue weighted by atomic mass is 16.5. The third-order valence-corrected chi connectivity index (χ3v) is 4.57. The van der Waals surface area contributed by atoms with Gasteiger partial charge in [0.25, 0.3) is 0 Å². The number of fused-ring (bicyclic) bond motifs is 1. The summed E-state index contributed by atoms with van der Waals surface area (Å²) in [6.45, 7) is 4.20. The van der Waals surface area contributed by atoms with Gasteiger partial charge >= 0.3 is 0 Å². The molecule has 2 heterocycles. The quantitative estimate of drug-likeness (QED) is 0.870. The Balaban J connectivity index is 2.19. The first-order valence-electron chi connectivity index (χ1n) is 7.87. The van der Waals surface area contributed by atoms with E-state index in [9.17, 15) is 5.26 Å². The number of hydrogen-bond acceptors (Lipinski definition) is 5. The third kappa shape index (κ3) is 2.77. The highest BCUT2D eigenvalue weighted by Crippen LogP contribution is 2.38. The molecule has 0 atom stereocenters. The maximum atomic E-state index is 9.52. The van der Waals surface area contributed by atoms with E-state index in [0.717, 1.165) is 48.4 Å². The fourth-order valence-electron chi connectivity index (χ4n) is 3.16. The Hall–Kier alpha value is -2.48. The smallest absolute Gasteiger partial charge is 0.162 e. The monoisotopic (exact) mass is 311 g/mol. The van der Waals surface area contributed by atoms with Crippen molar-refractivity contribution in [3.63, 3.8) is 0 Å². The highest BCUT2D eigenvalue weighted by Gasteiger charge is 2.22. The van der Waals surface area contributed by atoms with Gasteiger partial charge in [0.15, 0.2) is 11.5 Å². The first-order valence-corrected chi connectivity index (χ1v) is 7.87. The lowest BCUT2D eigenvalue weighted by molar-refractivity contribution is 0.356. The van der Waals surface area contributed by atoms with Crippen LogP contribution in [0.1, 0.15) is 25.3 Å². The zero-order chi connectivity index (χ0) is 16.4. The lowest BCUT2D eigenvalue weighted by Gasteiger charge is -2.33. The Morgan fingerprint density at radius 2 is 1.83 bits per heavy atom. The number of hydrogen-bond donors (Lipinski definition) is 0. The number of rotatable bonds is 3. The minimum absolute atomic E-state index is 0.610. The Labute approximate surface area is 136 Å². The van der Waals surface area contributed by atoms with E-state index >= 15 is 0 Å². The van der Waals surface area contributed by atoms with Crippen molar-refractivity contribution in [3.05, 3.63) is 23.9 Å². The molecular formula is C18H21N3O2. The van der Waals surface area contributed by atoms with Crippen LogP contribution in [0.3, 0.4) is 0 Å². The lowest BCUT2D eigenvalue weighted by Crippen LogP contribution is -2.33. The van der Waals surface area contributed by atoms with Crippen LogP contribution in [0, 0.1) is 17.2 Å². The van der Waals surface area contributed by atoms with E-state index in [1.54, 1.807) is 20.4 Å². The molecule has 1 aromatic carbocycles. The number of anilines is 1. The van der Waals surface area contributed by atoms with Crippen molar-refractivity contribution in [1.82, 2.24) is 4.98 Å². The molecule has 0 amide bonds. The normalized spacial score (nSPS) is 15.5. The van der Waals surface area contributed by atoms with E-state index in [1.807, 2.05) is 12.1 Å².